The van der Waals surface area contributed by atoms with Gasteiger partial charge in [0.1, 0.15) is 0 Å². The summed E-state index contributed by atoms with van der Waals surface area (Å²) in [4.78, 5) is 26.2. The molecule has 3 fully saturated rings. The molecule has 3 aliphatic rings. The number of carbonyl (C=O) groups excluding carboxylic acids is 2. The fraction of sp³-hybridized carbons (Fsp3) is 0.619. The summed E-state index contributed by atoms with van der Waals surface area (Å²) >= 11 is 0. The molecule has 2 unspecified atom stereocenters. The molecule has 5 heteroatoms. The fourth-order valence-electron chi connectivity index (χ4n) is 4.83. The zero-order valence-electron chi connectivity index (χ0n) is 15.4. The molecule has 2 atom stereocenters. The molecule has 4 rings (SSSR count). The lowest BCUT2D eigenvalue weighted by Gasteiger charge is -2.28. The van der Waals surface area contributed by atoms with Gasteiger partial charge < -0.3 is 15.5 Å². The molecule has 3 heterocycles. The SMILES string of the molecule is O=C(CC1CC2CCC(C1)N2)NCc1ccccc1CN1CCCC1=O. The number of fused-ring (bicyclic) bond motifs is 2. The van der Waals surface area contributed by atoms with Gasteiger partial charge in [0, 0.05) is 44.6 Å². The monoisotopic (exact) mass is 355 g/mol. The van der Waals surface area contributed by atoms with Crippen molar-refractivity contribution in [2.75, 3.05) is 6.54 Å². The van der Waals surface area contributed by atoms with Crippen LogP contribution in [-0.2, 0) is 22.7 Å². The lowest BCUT2D eigenvalue weighted by Crippen LogP contribution is -2.39. The Bertz CT molecular complexity index is 663. The molecular formula is C21H29N3O2. The second-order valence-corrected chi connectivity index (χ2v) is 8.14. The van der Waals surface area contributed by atoms with Crippen molar-refractivity contribution in [2.45, 2.75) is 70.1 Å². The number of benzene rings is 1. The molecule has 140 valence electrons. The molecule has 2 amide bonds. The zero-order valence-corrected chi connectivity index (χ0v) is 15.4. The zero-order chi connectivity index (χ0) is 17.9. The lowest BCUT2D eigenvalue weighted by atomic mass is 9.89. The Balaban J connectivity index is 1.30. The van der Waals surface area contributed by atoms with Gasteiger partial charge >= 0.3 is 0 Å². The average Bonchev–Trinajstić information content (AvgIpc) is 3.19. The van der Waals surface area contributed by atoms with E-state index >= 15 is 0 Å². The van der Waals surface area contributed by atoms with Crippen LogP contribution in [0.5, 0.6) is 0 Å². The number of amides is 2. The summed E-state index contributed by atoms with van der Waals surface area (Å²) in [6.07, 6.45) is 7.07. The van der Waals surface area contributed by atoms with Gasteiger partial charge in [-0.1, -0.05) is 24.3 Å². The summed E-state index contributed by atoms with van der Waals surface area (Å²) < 4.78 is 0. The fourth-order valence-corrected chi connectivity index (χ4v) is 4.83. The van der Waals surface area contributed by atoms with Crippen molar-refractivity contribution in [1.29, 1.82) is 0 Å². The molecule has 0 saturated carbocycles. The van der Waals surface area contributed by atoms with E-state index in [4.69, 9.17) is 0 Å². The number of nitrogens with zero attached hydrogens (tertiary/aromatic N) is 1. The van der Waals surface area contributed by atoms with Gasteiger partial charge in [0.15, 0.2) is 0 Å². The molecule has 2 N–H and O–H groups in total. The molecule has 3 saturated heterocycles. The predicted molar refractivity (Wildman–Crippen MR) is 100 cm³/mol. The van der Waals surface area contributed by atoms with Crippen molar-refractivity contribution < 1.29 is 9.59 Å². The van der Waals surface area contributed by atoms with E-state index in [1.807, 2.05) is 17.0 Å². The van der Waals surface area contributed by atoms with E-state index in [1.54, 1.807) is 0 Å². The van der Waals surface area contributed by atoms with Crippen LogP contribution in [0.15, 0.2) is 24.3 Å². The van der Waals surface area contributed by atoms with E-state index in [0.29, 0.717) is 43.9 Å². The van der Waals surface area contributed by atoms with Gasteiger partial charge in [0.25, 0.3) is 0 Å². The van der Waals surface area contributed by atoms with E-state index < -0.39 is 0 Å². The Kier molecular flexibility index (Phi) is 5.25. The third-order valence-electron chi connectivity index (χ3n) is 6.17. The van der Waals surface area contributed by atoms with Gasteiger partial charge in [0.2, 0.25) is 11.8 Å². The van der Waals surface area contributed by atoms with Crippen molar-refractivity contribution >= 4 is 11.8 Å². The van der Waals surface area contributed by atoms with Gasteiger partial charge in [-0.15, -0.1) is 0 Å². The molecule has 0 aromatic heterocycles. The normalized spacial score (nSPS) is 27.8. The minimum absolute atomic E-state index is 0.156. The number of piperidine rings is 1. The molecule has 0 spiro atoms. The highest BCUT2D eigenvalue weighted by Crippen LogP contribution is 2.32. The highest BCUT2D eigenvalue weighted by Gasteiger charge is 2.34. The number of hydrogen-bond acceptors (Lipinski definition) is 3. The quantitative estimate of drug-likeness (QED) is 0.823. The largest absolute Gasteiger partial charge is 0.352 e. The van der Waals surface area contributed by atoms with Crippen molar-refractivity contribution in [2.24, 2.45) is 5.92 Å². The molecule has 1 aromatic rings. The van der Waals surface area contributed by atoms with Gasteiger partial charge in [-0.3, -0.25) is 9.59 Å². The van der Waals surface area contributed by atoms with Gasteiger partial charge in [0.05, 0.1) is 0 Å². The standard InChI is InChI=1S/C21H29N3O2/c25-20(12-15-10-18-7-8-19(11-15)23-18)22-13-16-4-1-2-5-17(16)14-24-9-3-6-21(24)26/h1-2,4-5,15,18-19,23H,3,6-14H2,(H,22,25). The molecule has 5 nitrogen and oxygen atoms in total. The van der Waals surface area contributed by atoms with Crippen LogP contribution in [0.4, 0.5) is 0 Å². The molecule has 0 aliphatic carbocycles. The highest BCUT2D eigenvalue weighted by molar-refractivity contribution is 5.78. The summed E-state index contributed by atoms with van der Waals surface area (Å²) in [5, 5.41) is 6.74. The van der Waals surface area contributed by atoms with E-state index in [0.717, 1.165) is 36.9 Å². The second-order valence-electron chi connectivity index (χ2n) is 8.14. The van der Waals surface area contributed by atoms with Crippen LogP contribution in [0.3, 0.4) is 0 Å². The molecule has 26 heavy (non-hydrogen) atoms. The molecule has 0 radical (unpaired) electrons. The van der Waals surface area contributed by atoms with Crippen LogP contribution in [0.25, 0.3) is 0 Å². The third kappa shape index (κ3) is 4.09. The van der Waals surface area contributed by atoms with Gasteiger partial charge in [-0.2, -0.15) is 0 Å². The Labute approximate surface area is 155 Å². The summed E-state index contributed by atoms with van der Waals surface area (Å²) in [6.45, 7) is 2.05. The Hall–Kier alpha value is -1.88. The first-order valence-electron chi connectivity index (χ1n) is 10.0. The van der Waals surface area contributed by atoms with Gasteiger partial charge in [-0.05, 0) is 49.1 Å². The van der Waals surface area contributed by atoms with Crippen molar-refractivity contribution in [1.82, 2.24) is 15.5 Å². The number of hydrogen-bond donors (Lipinski definition) is 2. The number of nitrogens with one attached hydrogen (secondary N) is 2. The van der Waals surface area contributed by atoms with Crippen LogP contribution >= 0.6 is 0 Å². The summed E-state index contributed by atoms with van der Waals surface area (Å²) in [7, 11) is 0. The molecule has 2 bridgehead atoms. The van der Waals surface area contributed by atoms with Crippen LogP contribution in [-0.4, -0.2) is 35.3 Å². The van der Waals surface area contributed by atoms with E-state index in [2.05, 4.69) is 22.8 Å². The maximum absolute atomic E-state index is 12.4. The molecule has 1 aromatic carbocycles. The summed E-state index contributed by atoms with van der Waals surface area (Å²) in [5.74, 6) is 0.916. The third-order valence-corrected chi connectivity index (χ3v) is 6.17. The highest BCUT2D eigenvalue weighted by atomic mass is 16.2. The Morgan fingerprint density at radius 3 is 2.58 bits per heavy atom. The Morgan fingerprint density at radius 2 is 1.88 bits per heavy atom. The maximum atomic E-state index is 12.4. The summed E-state index contributed by atoms with van der Waals surface area (Å²) in [5.41, 5.74) is 2.26. The van der Waals surface area contributed by atoms with E-state index in [9.17, 15) is 9.59 Å². The Morgan fingerprint density at radius 1 is 1.15 bits per heavy atom. The first kappa shape index (κ1) is 17.5. The number of likely N-dealkylation sites (tertiary alicyclic amines) is 1. The number of carbonyl (C=O) groups is 2. The maximum Gasteiger partial charge on any atom is 0.222 e. The van der Waals surface area contributed by atoms with E-state index in [-0.39, 0.29) is 11.8 Å². The molecule has 3 aliphatic heterocycles. The van der Waals surface area contributed by atoms with Crippen LogP contribution in [0.2, 0.25) is 0 Å². The number of rotatable bonds is 6. The first-order chi connectivity index (χ1) is 12.7. The molecular weight excluding hydrogens is 326 g/mol. The topological polar surface area (TPSA) is 61.4 Å². The minimum Gasteiger partial charge on any atom is -0.352 e. The second kappa shape index (κ2) is 7.78. The van der Waals surface area contributed by atoms with Crippen molar-refractivity contribution in [3.8, 4) is 0 Å². The van der Waals surface area contributed by atoms with Crippen molar-refractivity contribution in [3.05, 3.63) is 35.4 Å². The van der Waals surface area contributed by atoms with Crippen LogP contribution < -0.4 is 10.6 Å². The van der Waals surface area contributed by atoms with Crippen LogP contribution in [0, 0.1) is 5.92 Å². The van der Waals surface area contributed by atoms with E-state index in [1.165, 1.54) is 12.8 Å². The summed E-state index contributed by atoms with van der Waals surface area (Å²) in [6, 6.07) is 9.39. The average molecular weight is 355 g/mol. The van der Waals surface area contributed by atoms with Crippen LogP contribution in [0.1, 0.15) is 56.1 Å². The first-order valence-corrected chi connectivity index (χ1v) is 10.0. The van der Waals surface area contributed by atoms with Gasteiger partial charge in [-0.25, -0.2) is 0 Å². The predicted octanol–water partition coefficient (Wildman–Crippen LogP) is 2.35. The minimum atomic E-state index is 0.156. The smallest absolute Gasteiger partial charge is 0.222 e. The van der Waals surface area contributed by atoms with Crippen molar-refractivity contribution in [3.63, 3.8) is 0 Å². The lowest BCUT2D eigenvalue weighted by molar-refractivity contribution is -0.128.